The zero-order valence-electron chi connectivity index (χ0n) is 14.4. The summed E-state index contributed by atoms with van der Waals surface area (Å²) < 4.78 is 0. The van der Waals surface area contributed by atoms with Gasteiger partial charge in [-0.2, -0.15) is 0 Å². The molecule has 2 aliphatic rings. The van der Waals surface area contributed by atoms with Gasteiger partial charge in [0.2, 0.25) is 0 Å². The van der Waals surface area contributed by atoms with E-state index in [1.54, 1.807) is 0 Å². The normalized spacial score (nSPS) is 36.3. The number of nitrogens with one attached hydrogen (secondary N) is 1. The average molecular weight is 280 g/mol. The first kappa shape index (κ1) is 16.3. The minimum Gasteiger partial charge on any atom is -0.313 e. The fourth-order valence-electron chi connectivity index (χ4n) is 4.25. The second-order valence-corrected chi connectivity index (χ2v) is 8.27. The minimum absolute atomic E-state index is 0.464. The Kier molecular flexibility index (Phi) is 5.53. The third kappa shape index (κ3) is 4.21. The lowest BCUT2D eigenvalue weighted by molar-refractivity contribution is 0.0840. The van der Waals surface area contributed by atoms with Gasteiger partial charge in [-0.15, -0.1) is 0 Å². The smallest absolute Gasteiger partial charge is 0.0159 e. The van der Waals surface area contributed by atoms with Crippen molar-refractivity contribution in [3.05, 3.63) is 0 Å². The molecule has 118 valence electrons. The highest BCUT2D eigenvalue weighted by molar-refractivity contribution is 4.95. The number of rotatable bonds is 7. The van der Waals surface area contributed by atoms with E-state index < -0.39 is 0 Å². The van der Waals surface area contributed by atoms with Gasteiger partial charge in [0.1, 0.15) is 0 Å². The summed E-state index contributed by atoms with van der Waals surface area (Å²) in [7, 11) is 2.34. The van der Waals surface area contributed by atoms with Gasteiger partial charge in [-0.25, -0.2) is 0 Å². The van der Waals surface area contributed by atoms with Gasteiger partial charge in [0.05, 0.1) is 0 Å². The van der Waals surface area contributed by atoms with Crippen molar-refractivity contribution in [2.45, 2.75) is 65.8 Å². The average Bonchev–Trinajstić information content (AvgIpc) is 3.03. The zero-order chi connectivity index (χ0) is 14.8. The highest BCUT2D eigenvalue weighted by atomic mass is 15.1. The summed E-state index contributed by atoms with van der Waals surface area (Å²) in [6, 6.07) is 0.704. The first-order valence-corrected chi connectivity index (χ1v) is 8.86. The number of hydrogen-bond acceptors (Lipinski definition) is 2. The van der Waals surface area contributed by atoms with Crippen LogP contribution in [0.25, 0.3) is 0 Å². The second-order valence-electron chi connectivity index (χ2n) is 8.27. The largest absolute Gasteiger partial charge is 0.313 e. The third-order valence-electron chi connectivity index (χ3n) is 5.69. The van der Waals surface area contributed by atoms with Crippen molar-refractivity contribution in [3.8, 4) is 0 Å². The summed E-state index contributed by atoms with van der Waals surface area (Å²) >= 11 is 0. The molecule has 2 rings (SSSR count). The van der Waals surface area contributed by atoms with Crippen LogP contribution >= 0.6 is 0 Å². The Morgan fingerprint density at radius 1 is 1.20 bits per heavy atom. The van der Waals surface area contributed by atoms with E-state index in [4.69, 9.17) is 0 Å². The predicted molar refractivity (Wildman–Crippen MR) is 88.0 cm³/mol. The van der Waals surface area contributed by atoms with Crippen molar-refractivity contribution in [1.82, 2.24) is 10.2 Å². The van der Waals surface area contributed by atoms with Gasteiger partial charge in [0.15, 0.2) is 0 Å². The number of nitrogens with zero attached hydrogens (tertiary/aromatic N) is 1. The summed E-state index contributed by atoms with van der Waals surface area (Å²) in [5.74, 6) is 2.80. The van der Waals surface area contributed by atoms with Gasteiger partial charge in [-0.05, 0) is 62.4 Å². The first-order chi connectivity index (χ1) is 9.44. The van der Waals surface area contributed by atoms with Crippen molar-refractivity contribution in [2.24, 2.45) is 23.2 Å². The molecule has 0 aromatic rings. The molecular formula is C18H36N2. The van der Waals surface area contributed by atoms with Crippen LogP contribution in [-0.2, 0) is 0 Å². The molecule has 2 saturated carbocycles. The molecule has 2 nitrogen and oxygen atoms in total. The van der Waals surface area contributed by atoms with Gasteiger partial charge >= 0.3 is 0 Å². The summed E-state index contributed by atoms with van der Waals surface area (Å²) in [5, 5.41) is 3.87. The van der Waals surface area contributed by atoms with Gasteiger partial charge < -0.3 is 10.2 Å². The Morgan fingerprint density at radius 3 is 2.45 bits per heavy atom. The molecule has 4 unspecified atom stereocenters. The van der Waals surface area contributed by atoms with Crippen LogP contribution in [0.1, 0.15) is 59.8 Å². The molecule has 0 bridgehead atoms. The Morgan fingerprint density at radius 2 is 1.85 bits per heavy atom. The summed E-state index contributed by atoms with van der Waals surface area (Å²) in [5.41, 5.74) is 0.464. The lowest BCUT2D eigenvalue weighted by Crippen LogP contribution is -2.52. The van der Waals surface area contributed by atoms with Gasteiger partial charge in [-0.1, -0.05) is 34.1 Å². The molecule has 0 heterocycles. The molecule has 0 aliphatic heterocycles. The Bertz CT molecular complexity index is 300. The topological polar surface area (TPSA) is 15.3 Å². The summed E-state index contributed by atoms with van der Waals surface area (Å²) in [6.07, 6.45) is 6.91. The van der Waals surface area contributed by atoms with Crippen molar-refractivity contribution in [3.63, 3.8) is 0 Å². The molecule has 0 spiro atoms. The second kappa shape index (κ2) is 6.79. The van der Waals surface area contributed by atoms with Gasteiger partial charge in [0.25, 0.3) is 0 Å². The minimum atomic E-state index is 0.464. The van der Waals surface area contributed by atoms with Crippen LogP contribution in [0, 0.1) is 23.2 Å². The van der Waals surface area contributed by atoms with E-state index in [1.807, 2.05) is 0 Å². The molecule has 1 N–H and O–H groups in total. The van der Waals surface area contributed by atoms with E-state index in [2.05, 4.69) is 45.0 Å². The summed E-state index contributed by atoms with van der Waals surface area (Å²) in [6.45, 7) is 13.4. The van der Waals surface area contributed by atoms with Crippen LogP contribution in [0.15, 0.2) is 0 Å². The van der Waals surface area contributed by atoms with Crippen molar-refractivity contribution < 1.29 is 0 Å². The highest BCUT2D eigenvalue weighted by Crippen LogP contribution is 2.41. The van der Waals surface area contributed by atoms with Crippen LogP contribution in [-0.4, -0.2) is 37.6 Å². The first-order valence-electron chi connectivity index (χ1n) is 8.86. The molecule has 20 heavy (non-hydrogen) atoms. The van der Waals surface area contributed by atoms with E-state index in [0.29, 0.717) is 11.5 Å². The van der Waals surface area contributed by atoms with Gasteiger partial charge in [-0.3, -0.25) is 0 Å². The molecule has 0 saturated heterocycles. The Balaban J connectivity index is 1.88. The van der Waals surface area contributed by atoms with Crippen LogP contribution < -0.4 is 5.32 Å². The van der Waals surface area contributed by atoms with E-state index >= 15 is 0 Å². The molecule has 0 aromatic carbocycles. The molecule has 2 aliphatic carbocycles. The van der Waals surface area contributed by atoms with E-state index in [0.717, 1.165) is 17.8 Å². The van der Waals surface area contributed by atoms with E-state index in [1.165, 1.54) is 51.7 Å². The SMILES string of the molecule is CCCNC1C(CN(C)CC2CC2C)CCCC1(C)C. The third-order valence-corrected chi connectivity index (χ3v) is 5.69. The maximum Gasteiger partial charge on any atom is 0.0159 e. The molecule has 0 aromatic heterocycles. The molecule has 0 amide bonds. The van der Waals surface area contributed by atoms with Crippen LogP contribution in [0.2, 0.25) is 0 Å². The summed E-state index contributed by atoms with van der Waals surface area (Å²) in [4.78, 5) is 2.61. The number of hydrogen-bond donors (Lipinski definition) is 1. The lowest BCUT2D eigenvalue weighted by atomic mass is 9.67. The zero-order valence-corrected chi connectivity index (χ0v) is 14.4. The van der Waals surface area contributed by atoms with Crippen LogP contribution in [0.3, 0.4) is 0 Å². The fraction of sp³-hybridized carbons (Fsp3) is 1.00. The monoisotopic (exact) mass is 280 g/mol. The quantitative estimate of drug-likeness (QED) is 0.763. The van der Waals surface area contributed by atoms with Crippen molar-refractivity contribution >= 4 is 0 Å². The molecule has 0 radical (unpaired) electrons. The van der Waals surface area contributed by atoms with Gasteiger partial charge in [0, 0.05) is 19.1 Å². The molecule has 4 atom stereocenters. The van der Waals surface area contributed by atoms with Crippen LogP contribution in [0.5, 0.6) is 0 Å². The lowest BCUT2D eigenvalue weighted by Gasteiger charge is -2.46. The Hall–Kier alpha value is -0.0800. The fourth-order valence-corrected chi connectivity index (χ4v) is 4.25. The van der Waals surface area contributed by atoms with E-state index in [-0.39, 0.29) is 0 Å². The maximum absolute atomic E-state index is 3.87. The van der Waals surface area contributed by atoms with E-state index in [9.17, 15) is 0 Å². The molecular weight excluding hydrogens is 244 g/mol. The Labute approximate surface area is 126 Å². The molecule has 2 fully saturated rings. The highest BCUT2D eigenvalue weighted by Gasteiger charge is 2.39. The standard InChI is InChI=1S/C18H36N2/c1-6-10-19-17-15(8-7-9-18(17,3)4)12-20(5)13-16-11-14(16)2/h14-17,19H,6-13H2,1-5H3. The predicted octanol–water partition coefficient (Wildman–Crippen LogP) is 3.77. The maximum atomic E-state index is 3.87. The van der Waals surface area contributed by atoms with Crippen LogP contribution in [0.4, 0.5) is 0 Å². The van der Waals surface area contributed by atoms with Crippen molar-refractivity contribution in [1.29, 1.82) is 0 Å². The van der Waals surface area contributed by atoms with Crippen molar-refractivity contribution in [2.75, 3.05) is 26.7 Å². The molecule has 2 heteroatoms.